The zero-order valence-electron chi connectivity index (χ0n) is 10.9. The fraction of sp³-hybridized carbons (Fsp3) is 0.357. The topological polar surface area (TPSA) is 22.1 Å². The number of rotatable bonds is 5. The molecule has 0 bridgehead atoms. The zero-order valence-corrected chi connectivity index (χ0v) is 12.6. The van der Waals surface area contributed by atoms with Gasteiger partial charge in [0, 0.05) is 10.6 Å². The van der Waals surface area contributed by atoms with Crippen LogP contribution in [0.15, 0.2) is 24.3 Å². The lowest BCUT2D eigenvalue weighted by molar-refractivity contribution is 0.304. The van der Waals surface area contributed by atoms with Crippen LogP contribution < -0.4 is 4.74 Å². The lowest BCUT2D eigenvalue weighted by atomic mass is 10.1. The third kappa shape index (κ3) is 3.70. The van der Waals surface area contributed by atoms with Crippen LogP contribution in [0.1, 0.15) is 35.3 Å². The Labute approximate surface area is 122 Å². The van der Waals surface area contributed by atoms with Crippen molar-refractivity contribution in [2.45, 2.75) is 32.1 Å². The molecule has 0 atom stereocenters. The van der Waals surface area contributed by atoms with Gasteiger partial charge in [-0.15, -0.1) is 11.3 Å². The van der Waals surface area contributed by atoms with Crippen molar-refractivity contribution in [3.8, 4) is 5.75 Å². The van der Waals surface area contributed by atoms with Crippen molar-refractivity contribution >= 4 is 24.0 Å². The Morgan fingerprint density at radius 3 is 2.53 bits per heavy atom. The van der Waals surface area contributed by atoms with Crippen molar-refractivity contribution in [2.75, 3.05) is 0 Å². The minimum atomic E-state index is -0.263. The maximum atomic E-state index is 12.8. The number of nitrogens with zero attached hydrogens (tertiary/aromatic N) is 1. The third-order valence-corrected chi connectivity index (χ3v) is 4.21. The molecule has 1 heterocycles. The van der Waals surface area contributed by atoms with E-state index in [1.165, 1.54) is 17.0 Å². The van der Waals surface area contributed by atoms with Gasteiger partial charge in [0.25, 0.3) is 0 Å². The molecule has 102 valence electrons. The summed E-state index contributed by atoms with van der Waals surface area (Å²) < 4.78 is 18.4. The van der Waals surface area contributed by atoms with Crippen molar-refractivity contribution < 1.29 is 9.13 Å². The van der Waals surface area contributed by atoms with Gasteiger partial charge in [0.2, 0.25) is 0 Å². The van der Waals surface area contributed by atoms with Crippen LogP contribution in [-0.2, 0) is 12.4 Å². The molecule has 2 aromatic rings. The average molecular weight is 297 g/mol. The molecule has 0 saturated heterocycles. The van der Waals surface area contributed by atoms with Crippen LogP contribution in [0, 0.1) is 5.82 Å². The first kappa shape index (κ1) is 14.3. The van der Waals surface area contributed by atoms with E-state index in [-0.39, 0.29) is 5.82 Å². The normalized spacial score (nSPS) is 11.0. The molecule has 0 unspecified atom stereocenters. The number of thiazole rings is 1. The third-order valence-electron chi connectivity index (χ3n) is 2.64. The zero-order chi connectivity index (χ0) is 13.8. The van der Waals surface area contributed by atoms with E-state index in [0.717, 1.165) is 10.7 Å². The summed E-state index contributed by atoms with van der Waals surface area (Å²) in [7, 11) is 0. The molecular weight excluding hydrogens is 281 g/mol. The number of thiol groups is 1. The summed E-state index contributed by atoms with van der Waals surface area (Å²) in [5.41, 5.74) is 1.10. The summed E-state index contributed by atoms with van der Waals surface area (Å²) in [4.78, 5) is 5.77. The molecule has 5 heteroatoms. The Morgan fingerprint density at radius 1 is 1.32 bits per heavy atom. The van der Waals surface area contributed by atoms with Crippen molar-refractivity contribution in [3.63, 3.8) is 0 Å². The summed E-state index contributed by atoms with van der Waals surface area (Å²) in [6, 6.07) is 6.00. The SMILES string of the molecule is CC(C)c1nc(COc2ccc(F)cc2)sc1CS. The summed E-state index contributed by atoms with van der Waals surface area (Å²) >= 11 is 5.95. The standard InChI is InChI=1S/C14H16FNOS2/c1-9(2)14-12(8-18)19-13(16-14)7-17-11-5-3-10(15)4-6-11/h3-6,9,18H,7-8H2,1-2H3. The minimum absolute atomic E-state index is 0.263. The summed E-state index contributed by atoms with van der Waals surface area (Å²) in [5, 5.41) is 0.928. The molecule has 0 aliphatic heterocycles. The second-order valence-electron chi connectivity index (χ2n) is 4.47. The number of halogens is 1. The van der Waals surface area contributed by atoms with Crippen LogP contribution in [0.2, 0.25) is 0 Å². The Hall–Kier alpha value is -1.07. The van der Waals surface area contributed by atoms with Gasteiger partial charge in [0.15, 0.2) is 0 Å². The van der Waals surface area contributed by atoms with Gasteiger partial charge in [0.05, 0.1) is 5.69 Å². The number of benzene rings is 1. The highest BCUT2D eigenvalue weighted by Crippen LogP contribution is 2.27. The number of hydrogen-bond donors (Lipinski definition) is 1. The van der Waals surface area contributed by atoms with Crippen molar-refractivity contribution in [2.24, 2.45) is 0 Å². The van der Waals surface area contributed by atoms with Gasteiger partial charge in [-0.25, -0.2) is 9.37 Å². The predicted octanol–water partition coefficient (Wildman–Crippen LogP) is 4.41. The quantitative estimate of drug-likeness (QED) is 0.826. The van der Waals surface area contributed by atoms with E-state index in [0.29, 0.717) is 24.0 Å². The maximum absolute atomic E-state index is 12.8. The van der Waals surface area contributed by atoms with Gasteiger partial charge in [-0.3, -0.25) is 0 Å². The molecule has 0 fully saturated rings. The highest BCUT2D eigenvalue weighted by molar-refractivity contribution is 7.79. The van der Waals surface area contributed by atoms with Crippen LogP contribution in [0.3, 0.4) is 0 Å². The van der Waals surface area contributed by atoms with E-state index in [9.17, 15) is 4.39 Å². The monoisotopic (exact) mass is 297 g/mol. The van der Waals surface area contributed by atoms with Gasteiger partial charge in [-0.1, -0.05) is 13.8 Å². The first-order valence-electron chi connectivity index (χ1n) is 6.08. The molecule has 0 saturated carbocycles. The predicted molar refractivity (Wildman–Crippen MR) is 79.6 cm³/mol. The minimum Gasteiger partial charge on any atom is -0.486 e. The molecular formula is C14H16FNOS2. The van der Waals surface area contributed by atoms with E-state index in [1.807, 2.05) is 0 Å². The van der Waals surface area contributed by atoms with Crippen molar-refractivity contribution in [1.29, 1.82) is 0 Å². The summed E-state index contributed by atoms with van der Waals surface area (Å²) in [5.74, 6) is 1.47. The Bertz CT molecular complexity index is 537. The average Bonchev–Trinajstić information content (AvgIpc) is 2.81. The molecule has 2 nitrogen and oxygen atoms in total. The second-order valence-corrected chi connectivity index (χ2v) is 5.96. The smallest absolute Gasteiger partial charge is 0.140 e. The molecule has 0 spiro atoms. The molecule has 1 aromatic heterocycles. The van der Waals surface area contributed by atoms with Crippen LogP contribution in [-0.4, -0.2) is 4.98 Å². The van der Waals surface area contributed by atoms with Crippen molar-refractivity contribution in [3.05, 3.63) is 45.7 Å². The lowest BCUT2D eigenvalue weighted by Crippen LogP contribution is -1.96. The number of ether oxygens (including phenoxy) is 1. The lowest BCUT2D eigenvalue weighted by Gasteiger charge is -2.03. The highest BCUT2D eigenvalue weighted by Gasteiger charge is 2.13. The fourth-order valence-electron chi connectivity index (χ4n) is 1.72. The van der Waals surface area contributed by atoms with Crippen LogP contribution >= 0.6 is 24.0 Å². The maximum Gasteiger partial charge on any atom is 0.140 e. The molecule has 0 amide bonds. The van der Waals surface area contributed by atoms with Crippen LogP contribution in [0.4, 0.5) is 4.39 Å². The first-order valence-corrected chi connectivity index (χ1v) is 7.52. The summed E-state index contributed by atoms with van der Waals surface area (Å²) in [6.07, 6.45) is 0. The van der Waals surface area contributed by atoms with Gasteiger partial charge in [0.1, 0.15) is 23.2 Å². The van der Waals surface area contributed by atoms with Gasteiger partial charge in [-0.2, -0.15) is 12.6 Å². The molecule has 2 rings (SSSR count). The summed E-state index contributed by atoms with van der Waals surface area (Å²) in [6.45, 7) is 4.64. The first-order chi connectivity index (χ1) is 9.10. The molecule has 0 aliphatic rings. The Morgan fingerprint density at radius 2 is 2.00 bits per heavy atom. The number of hydrogen-bond acceptors (Lipinski definition) is 4. The van der Waals surface area contributed by atoms with Crippen LogP contribution in [0.5, 0.6) is 5.75 Å². The molecule has 0 N–H and O–H groups in total. The molecule has 0 radical (unpaired) electrons. The second kappa shape index (κ2) is 6.39. The largest absolute Gasteiger partial charge is 0.486 e. The van der Waals surface area contributed by atoms with Gasteiger partial charge in [-0.05, 0) is 30.2 Å². The highest BCUT2D eigenvalue weighted by atomic mass is 32.1. The molecule has 1 aromatic carbocycles. The van der Waals surface area contributed by atoms with E-state index in [2.05, 4.69) is 31.5 Å². The van der Waals surface area contributed by atoms with E-state index in [4.69, 9.17) is 4.74 Å². The van der Waals surface area contributed by atoms with Gasteiger partial charge < -0.3 is 4.74 Å². The number of aromatic nitrogens is 1. The van der Waals surface area contributed by atoms with Gasteiger partial charge >= 0.3 is 0 Å². The van der Waals surface area contributed by atoms with Crippen molar-refractivity contribution in [1.82, 2.24) is 4.98 Å². The van der Waals surface area contributed by atoms with E-state index in [1.54, 1.807) is 23.5 Å². The fourth-order valence-corrected chi connectivity index (χ4v) is 3.07. The molecule has 19 heavy (non-hydrogen) atoms. The van der Waals surface area contributed by atoms with E-state index < -0.39 is 0 Å². The van der Waals surface area contributed by atoms with E-state index >= 15 is 0 Å². The molecule has 0 aliphatic carbocycles. The Balaban J connectivity index is 2.05. The van der Waals surface area contributed by atoms with Crippen LogP contribution in [0.25, 0.3) is 0 Å². The Kier molecular flexibility index (Phi) is 4.82.